The van der Waals surface area contributed by atoms with Crippen LogP contribution in [0.15, 0.2) is 23.4 Å². The molecule has 2 rings (SSSR count). The first-order chi connectivity index (χ1) is 11.5. The quantitative estimate of drug-likeness (QED) is 0.586. The molecule has 0 aliphatic carbocycles. The average molecular weight is 348 g/mol. The summed E-state index contributed by atoms with van der Waals surface area (Å²) in [6.07, 6.45) is 0.810. The highest BCUT2D eigenvalue weighted by Crippen LogP contribution is 2.23. The van der Waals surface area contributed by atoms with Gasteiger partial charge in [-0.25, -0.2) is 0 Å². The van der Waals surface area contributed by atoms with Gasteiger partial charge in [0.2, 0.25) is 5.91 Å². The second-order valence-corrected chi connectivity index (χ2v) is 6.56. The lowest BCUT2D eigenvalue weighted by molar-refractivity contribution is -0.118. The Morgan fingerprint density at radius 2 is 2.04 bits per heavy atom. The van der Waals surface area contributed by atoms with E-state index in [9.17, 15) is 4.79 Å². The van der Waals surface area contributed by atoms with Gasteiger partial charge in [-0.15, -0.1) is 10.2 Å². The van der Waals surface area contributed by atoms with Crippen LogP contribution in [0.5, 0.6) is 0 Å². The fraction of sp³-hybridized carbons (Fsp3) is 0.471. The molecule has 0 aliphatic rings. The molecule has 0 spiro atoms. The average Bonchev–Trinajstić information content (AvgIpc) is 2.93. The van der Waals surface area contributed by atoms with Crippen molar-refractivity contribution in [3.63, 3.8) is 0 Å². The van der Waals surface area contributed by atoms with Gasteiger partial charge in [0.1, 0.15) is 5.82 Å². The molecule has 0 saturated heterocycles. The van der Waals surface area contributed by atoms with Crippen LogP contribution in [-0.4, -0.2) is 46.7 Å². The Kier molecular flexibility index (Phi) is 6.81. The molecule has 0 bridgehead atoms. The van der Waals surface area contributed by atoms with Gasteiger partial charge in [0.15, 0.2) is 5.16 Å². The van der Waals surface area contributed by atoms with Gasteiger partial charge in [-0.05, 0) is 50.5 Å². The van der Waals surface area contributed by atoms with Gasteiger partial charge in [0, 0.05) is 25.9 Å². The molecule has 2 aromatic rings. The number of hydrogen-bond acceptors (Lipinski definition) is 5. The molecule has 0 fully saturated rings. The van der Waals surface area contributed by atoms with E-state index in [1.54, 1.807) is 7.11 Å². The molecule has 1 N–H and O–H groups in total. The lowest BCUT2D eigenvalue weighted by atomic mass is 10.1. The monoisotopic (exact) mass is 348 g/mol. The molecule has 0 aliphatic heterocycles. The summed E-state index contributed by atoms with van der Waals surface area (Å²) < 4.78 is 6.94. The molecule has 7 heteroatoms. The molecule has 1 aromatic heterocycles. The molecule has 1 amide bonds. The van der Waals surface area contributed by atoms with Gasteiger partial charge in [-0.2, -0.15) is 0 Å². The Morgan fingerprint density at radius 3 is 2.75 bits per heavy atom. The van der Waals surface area contributed by atoms with Crippen LogP contribution in [0.2, 0.25) is 0 Å². The SMILES string of the molecule is COCCCNC(=O)CSc1nnc(C)n1-c1ccc(C)c(C)c1. The van der Waals surface area contributed by atoms with E-state index in [4.69, 9.17) is 4.74 Å². The van der Waals surface area contributed by atoms with Crippen LogP contribution in [-0.2, 0) is 9.53 Å². The number of ether oxygens (including phenoxy) is 1. The Morgan fingerprint density at radius 1 is 1.25 bits per heavy atom. The highest BCUT2D eigenvalue weighted by molar-refractivity contribution is 7.99. The highest BCUT2D eigenvalue weighted by Gasteiger charge is 2.13. The topological polar surface area (TPSA) is 69.0 Å². The zero-order chi connectivity index (χ0) is 17.5. The van der Waals surface area contributed by atoms with Crippen LogP contribution < -0.4 is 5.32 Å². The molecule has 24 heavy (non-hydrogen) atoms. The van der Waals surface area contributed by atoms with Crippen molar-refractivity contribution in [3.05, 3.63) is 35.2 Å². The summed E-state index contributed by atoms with van der Waals surface area (Å²) in [6, 6.07) is 6.25. The number of nitrogens with zero attached hydrogens (tertiary/aromatic N) is 3. The Labute approximate surface area is 147 Å². The number of benzene rings is 1. The van der Waals surface area contributed by atoms with E-state index in [-0.39, 0.29) is 5.91 Å². The number of thioether (sulfide) groups is 1. The lowest BCUT2D eigenvalue weighted by Crippen LogP contribution is -2.26. The number of carbonyl (C=O) groups excluding carboxylic acids is 1. The Balaban J connectivity index is 2.02. The number of methoxy groups -OCH3 is 1. The van der Waals surface area contributed by atoms with E-state index >= 15 is 0 Å². The van der Waals surface area contributed by atoms with Crippen molar-refractivity contribution >= 4 is 17.7 Å². The van der Waals surface area contributed by atoms with E-state index in [0.717, 1.165) is 23.1 Å². The molecule has 0 radical (unpaired) electrons. The zero-order valence-electron chi connectivity index (χ0n) is 14.6. The maximum atomic E-state index is 11.9. The van der Waals surface area contributed by atoms with E-state index < -0.39 is 0 Å². The summed E-state index contributed by atoms with van der Waals surface area (Å²) >= 11 is 1.39. The number of carbonyl (C=O) groups is 1. The molecule has 0 unspecified atom stereocenters. The summed E-state index contributed by atoms with van der Waals surface area (Å²) in [5.41, 5.74) is 3.48. The minimum atomic E-state index is -0.0107. The van der Waals surface area contributed by atoms with Crippen molar-refractivity contribution in [2.45, 2.75) is 32.3 Å². The summed E-state index contributed by atoms with van der Waals surface area (Å²) in [7, 11) is 1.65. The largest absolute Gasteiger partial charge is 0.385 e. The highest BCUT2D eigenvalue weighted by atomic mass is 32.2. The van der Waals surface area contributed by atoms with Crippen molar-refractivity contribution in [1.82, 2.24) is 20.1 Å². The first kappa shape index (κ1) is 18.5. The van der Waals surface area contributed by atoms with Crippen LogP contribution in [0.3, 0.4) is 0 Å². The lowest BCUT2D eigenvalue weighted by Gasteiger charge is -2.10. The van der Waals surface area contributed by atoms with Gasteiger partial charge >= 0.3 is 0 Å². The summed E-state index contributed by atoms with van der Waals surface area (Å²) in [5, 5.41) is 12.0. The van der Waals surface area contributed by atoms with Gasteiger partial charge in [-0.3, -0.25) is 9.36 Å². The molecule has 1 heterocycles. The van der Waals surface area contributed by atoms with Crippen molar-refractivity contribution < 1.29 is 9.53 Å². The van der Waals surface area contributed by atoms with Gasteiger partial charge < -0.3 is 10.1 Å². The number of rotatable bonds is 8. The molecular formula is C17H24N4O2S. The second-order valence-electron chi connectivity index (χ2n) is 5.62. The fourth-order valence-electron chi connectivity index (χ4n) is 2.22. The van der Waals surface area contributed by atoms with Crippen LogP contribution >= 0.6 is 11.8 Å². The van der Waals surface area contributed by atoms with Gasteiger partial charge in [0.25, 0.3) is 0 Å². The molecule has 0 saturated carbocycles. The maximum Gasteiger partial charge on any atom is 0.230 e. The van der Waals surface area contributed by atoms with E-state index in [1.165, 1.54) is 22.9 Å². The van der Waals surface area contributed by atoms with Crippen LogP contribution in [0, 0.1) is 20.8 Å². The van der Waals surface area contributed by atoms with E-state index in [2.05, 4.69) is 41.5 Å². The standard InChI is InChI=1S/C17H24N4O2S/c1-12-6-7-15(10-13(12)2)21-14(3)19-20-17(21)24-11-16(22)18-8-5-9-23-4/h6-7,10H,5,8-9,11H2,1-4H3,(H,18,22). The smallest absolute Gasteiger partial charge is 0.230 e. The predicted octanol–water partition coefficient (Wildman–Crippen LogP) is 2.44. The van der Waals surface area contributed by atoms with Crippen molar-refractivity contribution in [1.29, 1.82) is 0 Å². The van der Waals surface area contributed by atoms with Crippen LogP contribution in [0.4, 0.5) is 0 Å². The minimum absolute atomic E-state index is 0.0107. The number of nitrogens with one attached hydrogen (secondary N) is 1. The third kappa shape index (κ3) is 4.82. The normalized spacial score (nSPS) is 10.8. The minimum Gasteiger partial charge on any atom is -0.385 e. The summed E-state index contributed by atoms with van der Waals surface area (Å²) in [5.74, 6) is 1.11. The zero-order valence-corrected chi connectivity index (χ0v) is 15.4. The molecule has 6 nitrogen and oxygen atoms in total. The van der Waals surface area contributed by atoms with Gasteiger partial charge in [-0.1, -0.05) is 17.8 Å². The Hall–Kier alpha value is -1.86. The van der Waals surface area contributed by atoms with Crippen molar-refractivity contribution in [2.75, 3.05) is 26.0 Å². The molecule has 130 valence electrons. The fourth-order valence-corrected chi connectivity index (χ4v) is 3.05. The number of aryl methyl sites for hydroxylation is 3. The third-order valence-electron chi connectivity index (χ3n) is 3.72. The Bertz CT molecular complexity index is 700. The summed E-state index contributed by atoms with van der Waals surface area (Å²) in [6.45, 7) is 7.35. The van der Waals surface area contributed by atoms with E-state index in [0.29, 0.717) is 18.9 Å². The van der Waals surface area contributed by atoms with Gasteiger partial charge in [0.05, 0.1) is 5.75 Å². The third-order valence-corrected chi connectivity index (χ3v) is 4.65. The van der Waals surface area contributed by atoms with E-state index in [1.807, 2.05) is 17.6 Å². The first-order valence-corrected chi connectivity index (χ1v) is 8.89. The van der Waals surface area contributed by atoms with Crippen LogP contribution in [0.1, 0.15) is 23.4 Å². The maximum absolute atomic E-state index is 11.9. The van der Waals surface area contributed by atoms with Crippen molar-refractivity contribution in [2.24, 2.45) is 0 Å². The second kappa shape index (κ2) is 8.84. The number of hydrogen-bond donors (Lipinski definition) is 1. The summed E-state index contributed by atoms with van der Waals surface area (Å²) in [4.78, 5) is 11.9. The number of aromatic nitrogens is 3. The number of amides is 1. The predicted molar refractivity (Wildman–Crippen MR) is 95.8 cm³/mol. The molecule has 0 atom stereocenters. The van der Waals surface area contributed by atoms with Crippen LogP contribution in [0.25, 0.3) is 5.69 Å². The molecule has 1 aromatic carbocycles. The van der Waals surface area contributed by atoms with Crippen molar-refractivity contribution in [3.8, 4) is 5.69 Å². The molecular weight excluding hydrogens is 324 g/mol. The first-order valence-electron chi connectivity index (χ1n) is 7.91.